The van der Waals surface area contributed by atoms with Crippen LogP contribution in [0.3, 0.4) is 0 Å². The number of hydrogen-bond donors (Lipinski definition) is 1. The van der Waals surface area contributed by atoms with Crippen LogP contribution in [0.25, 0.3) is 11.3 Å². The van der Waals surface area contributed by atoms with Gasteiger partial charge in [-0.2, -0.15) is 0 Å². The summed E-state index contributed by atoms with van der Waals surface area (Å²) < 4.78 is 18.9. The minimum Gasteiger partial charge on any atom is -0.496 e. The Morgan fingerprint density at radius 2 is 2.00 bits per heavy atom. The van der Waals surface area contributed by atoms with Crippen LogP contribution < -0.4 is 10.1 Å². The highest BCUT2D eigenvalue weighted by Gasteiger charge is 2.11. The molecule has 1 heterocycles. The van der Waals surface area contributed by atoms with Gasteiger partial charge in [0.1, 0.15) is 11.6 Å². The monoisotopic (exact) mass is 406 g/mol. The predicted molar refractivity (Wildman–Crippen MR) is 96.2 cm³/mol. The number of hydrogen-bond acceptors (Lipinski definition) is 4. The molecular weight excluding hydrogens is 395 g/mol. The number of ether oxygens (including phenoxy) is 1. The van der Waals surface area contributed by atoms with Gasteiger partial charge in [0, 0.05) is 16.5 Å². The normalized spacial score (nSPS) is 10.5. The maximum Gasteiger partial charge on any atom is 0.257 e. The van der Waals surface area contributed by atoms with Crippen LogP contribution in [0.4, 0.5) is 9.52 Å². The largest absolute Gasteiger partial charge is 0.496 e. The summed E-state index contributed by atoms with van der Waals surface area (Å²) in [6.45, 7) is 0. The Morgan fingerprint density at radius 1 is 1.25 bits per heavy atom. The molecule has 0 aliphatic rings. The van der Waals surface area contributed by atoms with Crippen LogP contribution in [0, 0.1) is 5.82 Å². The lowest BCUT2D eigenvalue weighted by atomic mass is 10.2. The van der Waals surface area contributed by atoms with E-state index < -0.39 is 0 Å². The number of aromatic nitrogens is 1. The predicted octanol–water partition coefficient (Wildman–Crippen LogP) is 4.97. The Bertz CT molecular complexity index is 881. The molecule has 0 aliphatic carbocycles. The number of amides is 1. The molecule has 0 unspecified atom stereocenters. The van der Waals surface area contributed by atoms with Crippen LogP contribution in [-0.2, 0) is 0 Å². The molecule has 0 spiro atoms. The Hall–Kier alpha value is -2.25. The molecule has 0 saturated heterocycles. The molecule has 1 aromatic heterocycles. The van der Waals surface area contributed by atoms with Gasteiger partial charge in [-0.3, -0.25) is 10.1 Å². The molecule has 1 amide bonds. The molecule has 3 aromatic rings. The van der Waals surface area contributed by atoms with Gasteiger partial charge in [-0.15, -0.1) is 11.3 Å². The van der Waals surface area contributed by atoms with E-state index >= 15 is 0 Å². The first kappa shape index (κ1) is 16.6. The van der Waals surface area contributed by atoms with Gasteiger partial charge < -0.3 is 4.74 Å². The number of carbonyl (C=O) groups is 1. The van der Waals surface area contributed by atoms with Crippen LogP contribution in [0.15, 0.2) is 52.3 Å². The van der Waals surface area contributed by atoms with Crippen molar-refractivity contribution in [2.24, 2.45) is 0 Å². The number of halogens is 2. The first-order chi connectivity index (χ1) is 11.6. The van der Waals surface area contributed by atoms with E-state index in [1.807, 2.05) is 23.6 Å². The molecule has 2 aromatic carbocycles. The van der Waals surface area contributed by atoms with E-state index in [1.165, 1.54) is 35.6 Å². The Labute approximate surface area is 150 Å². The Balaban J connectivity index is 1.77. The molecule has 0 bridgehead atoms. The van der Waals surface area contributed by atoms with Crippen molar-refractivity contribution in [1.29, 1.82) is 0 Å². The summed E-state index contributed by atoms with van der Waals surface area (Å²) in [5, 5.41) is 5.05. The summed E-state index contributed by atoms with van der Waals surface area (Å²) in [5.74, 6) is 0.0267. The van der Waals surface area contributed by atoms with Crippen LogP contribution in [-0.4, -0.2) is 18.0 Å². The van der Waals surface area contributed by atoms with E-state index in [1.54, 1.807) is 7.11 Å². The van der Waals surface area contributed by atoms with Crippen molar-refractivity contribution in [3.05, 3.63) is 63.7 Å². The molecule has 1 N–H and O–H groups in total. The summed E-state index contributed by atoms with van der Waals surface area (Å²) in [6, 6.07) is 11.0. The third-order valence-corrected chi connectivity index (χ3v) is 4.66. The summed E-state index contributed by atoms with van der Waals surface area (Å²) in [6.07, 6.45) is 0. The van der Waals surface area contributed by atoms with Gasteiger partial charge in [0.2, 0.25) is 0 Å². The van der Waals surface area contributed by atoms with Crippen molar-refractivity contribution in [3.8, 4) is 17.0 Å². The number of methoxy groups -OCH3 is 1. The summed E-state index contributed by atoms with van der Waals surface area (Å²) >= 11 is 4.76. The molecule has 0 atom stereocenters. The van der Waals surface area contributed by atoms with Crippen molar-refractivity contribution in [2.45, 2.75) is 0 Å². The van der Waals surface area contributed by atoms with Crippen molar-refractivity contribution in [2.75, 3.05) is 12.4 Å². The number of nitrogens with zero attached hydrogens (tertiary/aromatic N) is 1. The fourth-order valence-electron chi connectivity index (χ4n) is 2.06. The molecule has 24 heavy (non-hydrogen) atoms. The van der Waals surface area contributed by atoms with Crippen LogP contribution in [0.1, 0.15) is 10.4 Å². The number of anilines is 1. The summed E-state index contributed by atoms with van der Waals surface area (Å²) in [4.78, 5) is 16.5. The highest BCUT2D eigenvalue weighted by atomic mass is 79.9. The van der Waals surface area contributed by atoms with E-state index in [0.717, 1.165) is 21.5 Å². The molecule has 4 nitrogen and oxygen atoms in total. The second-order valence-electron chi connectivity index (χ2n) is 4.85. The van der Waals surface area contributed by atoms with E-state index in [2.05, 4.69) is 26.2 Å². The van der Waals surface area contributed by atoms with E-state index in [-0.39, 0.29) is 11.7 Å². The summed E-state index contributed by atoms with van der Waals surface area (Å²) in [5.41, 5.74) is 2.03. The molecule has 0 saturated carbocycles. The average molecular weight is 407 g/mol. The van der Waals surface area contributed by atoms with Gasteiger partial charge >= 0.3 is 0 Å². The number of thiazole rings is 1. The van der Waals surface area contributed by atoms with E-state index in [0.29, 0.717) is 10.7 Å². The van der Waals surface area contributed by atoms with Crippen molar-refractivity contribution >= 4 is 38.3 Å². The summed E-state index contributed by atoms with van der Waals surface area (Å²) in [7, 11) is 1.60. The van der Waals surface area contributed by atoms with E-state index in [9.17, 15) is 9.18 Å². The minimum absolute atomic E-state index is 0.327. The number of benzene rings is 2. The Morgan fingerprint density at radius 3 is 2.67 bits per heavy atom. The van der Waals surface area contributed by atoms with Crippen LogP contribution >= 0.6 is 27.3 Å². The van der Waals surface area contributed by atoms with Gasteiger partial charge in [0.25, 0.3) is 5.91 Å². The van der Waals surface area contributed by atoms with Gasteiger partial charge in [-0.25, -0.2) is 9.37 Å². The second kappa shape index (κ2) is 7.11. The number of carbonyl (C=O) groups excluding carboxylic acids is 1. The van der Waals surface area contributed by atoms with Crippen molar-refractivity contribution < 1.29 is 13.9 Å². The standard InChI is InChI=1S/C17H12BrFN2O2S/c1-23-15-7-4-11(8-13(15)18)14-9-24-17(20-14)21-16(22)10-2-5-12(19)6-3-10/h2-9H,1H3,(H,20,21,22). The van der Waals surface area contributed by atoms with Gasteiger partial charge in [0.15, 0.2) is 5.13 Å². The second-order valence-corrected chi connectivity index (χ2v) is 6.56. The maximum atomic E-state index is 12.9. The molecule has 0 radical (unpaired) electrons. The van der Waals surface area contributed by atoms with Crippen molar-refractivity contribution in [3.63, 3.8) is 0 Å². The first-order valence-corrected chi connectivity index (χ1v) is 8.60. The quantitative estimate of drug-likeness (QED) is 0.664. The molecule has 0 aliphatic heterocycles. The zero-order chi connectivity index (χ0) is 17.1. The molecule has 0 fully saturated rings. The number of nitrogens with one attached hydrogen (secondary N) is 1. The SMILES string of the molecule is COc1ccc(-c2csc(NC(=O)c3ccc(F)cc3)n2)cc1Br. The topological polar surface area (TPSA) is 51.2 Å². The van der Waals surface area contributed by atoms with Crippen LogP contribution in [0.5, 0.6) is 5.75 Å². The number of rotatable bonds is 4. The maximum absolute atomic E-state index is 12.9. The Kier molecular flexibility index (Phi) is 4.92. The van der Waals surface area contributed by atoms with Crippen molar-refractivity contribution in [1.82, 2.24) is 4.98 Å². The first-order valence-electron chi connectivity index (χ1n) is 6.93. The zero-order valence-electron chi connectivity index (χ0n) is 12.5. The lowest BCUT2D eigenvalue weighted by molar-refractivity contribution is 0.102. The fraction of sp³-hybridized carbons (Fsp3) is 0.0588. The molecular formula is C17H12BrFN2O2S. The highest BCUT2D eigenvalue weighted by Crippen LogP contribution is 2.32. The van der Waals surface area contributed by atoms with Gasteiger partial charge in [0.05, 0.1) is 17.3 Å². The molecule has 3 rings (SSSR count). The smallest absolute Gasteiger partial charge is 0.257 e. The van der Waals surface area contributed by atoms with Crippen LogP contribution in [0.2, 0.25) is 0 Å². The van der Waals surface area contributed by atoms with E-state index in [4.69, 9.17) is 4.74 Å². The third-order valence-electron chi connectivity index (χ3n) is 3.28. The van der Waals surface area contributed by atoms with Gasteiger partial charge in [-0.05, 0) is 58.4 Å². The molecule has 7 heteroatoms. The van der Waals surface area contributed by atoms with Gasteiger partial charge in [-0.1, -0.05) is 0 Å². The molecule has 122 valence electrons. The minimum atomic E-state index is -0.381. The zero-order valence-corrected chi connectivity index (χ0v) is 14.9. The third kappa shape index (κ3) is 3.63. The average Bonchev–Trinajstić information content (AvgIpc) is 3.04. The lowest BCUT2D eigenvalue weighted by Gasteiger charge is -2.04. The highest BCUT2D eigenvalue weighted by molar-refractivity contribution is 9.10. The fourth-order valence-corrected chi connectivity index (χ4v) is 3.32. The lowest BCUT2D eigenvalue weighted by Crippen LogP contribution is -2.11.